The van der Waals surface area contributed by atoms with Gasteiger partial charge in [-0.2, -0.15) is 18.4 Å². The predicted molar refractivity (Wildman–Crippen MR) is 69.4 cm³/mol. The molecule has 0 heterocycles. The van der Waals surface area contributed by atoms with Crippen molar-refractivity contribution in [1.29, 1.82) is 5.26 Å². The Morgan fingerprint density at radius 2 is 2.05 bits per heavy atom. The molecule has 1 amide bonds. The van der Waals surface area contributed by atoms with Crippen LogP contribution in [0, 0.1) is 11.3 Å². The molecule has 0 radical (unpaired) electrons. The molecular weight excluding hydrogens is 285 g/mol. The van der Waals surface area contributed by atoms with Gasteiger partial charge in [0.1, 0.15) is 11.8 Å². The van der Waals surface area contributed by atoms with Gasteiger partial charge in [-0.3, -0.25) is 4.79 Å². The Balaban J connectivity index is 2.83. The Bertz CT molecular complexity index is 538. The lowest BCUT2D eigenvalue weighted by Gasteiger charge is -2.19. The van der Waals surface area contributed by atoms with E-state index in [1.807, 2.05) is 6.07 Å². The molecular formula is C14H15F3N2O2. The molecule has 0 saturated heterocycles. The highest BCUT2D eigenvalue weighted by atomic mass is 19.4. The van der Waals surface area contributed by atoms with E-state index in [4.69, 9.17) is 10.00 Å². The average molecular weight is 300 g/mol. The van der Waals surface area contributed by atoms with Gasteiger partial charge in [0.15, 0.2) is 6.10 Å². The van der Waals surface area contributed by atoms with Gasteiger partial charge >= 0.3 is 6.18 Å². The summed E-state index contributed by atoms with van der Waals surface area (Å²) in [7, 11) is 0. The lowest BCUT2D eigenvalue weighted by molar-refractivity contribution is -0.140. The van der Waals surface area contributed by atoms with Crippen molar-refractivity contribution in [2.45, 2.75) is 38.6 Å². The first-order chi connectivity index (χ1) is 9.79. The van der Waals surface area contributed by atoms with Crippen molar-refractivity contribution in [3.63, 3.8) is 0 Å². The highest BCUT2D eigenvalue weighted by molar-refractivity contribution is 5.81. The normalized spacial score (nSPS) is 13.9. The van der Waals surface area contributed by atoms with E-state index in [0.717, 1.165) is 12.1 Å². The number of nitrogens with zero attached hydrogens (tertiary/aromatic N) is 1. The zero-order chi connectivity index (χ0) is 16.0. The molecule has 4 nitrogen and oxygen atoms in total. The van der Waals surface area contributed by atoms with E-state index in [9.17, 15) is 18.0 Å². The summed E-state index contributed by atoms with van der Waals surface area (Å²) in [6.45, 7) is 3.03. The molecule has 21 heavy (non-hydrogen) atoms. The maximum Gasteiger partial charge on any atom is 0.419 e. The van der Waals surface area contributed by atoms with Crippen molar-refractivity contribution in [2.75, 3.05) is 0 Å². The van der Waals surface area contributed by atoms with Gasteiger partial charge in [-0.15, -0.1) is 0 Å². The zero-order valence-corrected chi connectivity index (χ0v) is 11.6. The van der Waals surface area contributed by atoms with Crippen LogP contribution in [0.3, 0.4) is 0 Å². The van der Waals surface area contributed by atoms with Crippen LogP contribution in [-0.2, 0) is 11.0 Å². The number of rotatable bonds is 5. The van der Waals surface area contributed by atoms with Crippen molar-refractivity contribution in [3.05, 3.63) is 29.8 Å². The summed E-state index contributed by atoms with van der Waals surface area (Å²) in [5, 5.41) is 11.1. The minimum absolute atomic E-state index is 0.397. The van der Waals surface area contributed by atoms with Gasteiger partial charge in [-0.25, -0.2) is 0 Å². The fourth-order valence-corrected chi connectivity index (χ4v) is 1.56. The summed E-state index contributed by atoms with van der Waals surface area (Å²) in [4.78, 5) is 11.8. The molecule has 0 aliphatic rings. The molecule has 0 unspecified atom stereocenters. The fraction of sp³-hybridized carbons (Fsp3) is 0.429. The average Bonchev–Trinajstić information content (AvgIpc) is 2.43. The van der Waals surface area contributed by atoms with Crippen LogP contribution in [0.2, 0.25) is 0 Å². The SMILES string of the molecule is CC[C@@H](C#N)NC(=O)[C@H](C)Oc1ccccc1C(F)(F)F. The summed E-state index contributed by atoms with van der Waals surface area (Å²) < 4.78 is 43.5. The van der Waals surface area contributed by atoms with E-state index in [2.05, 4.69) is 5.32 Å². The highest BCUT2D eigenvalue weighted by Gasteiger charge is 2.34. The first-order valence-electron chi connectivity index (χ1n) is 6.32. The lowest BCUT2D eigenvalue weighted by Crippen LogP contribution is -2.41. The first kappa shape index (κ1) is 16.8. The molecule has 1 aromatic carbocycles. The molecule has 0 bridgehead atoms. The third kappa shape index (κ3) is 4.67. The molecule has 0 aliphatic carbocycles. The molecule has 0 fully saturated rings. The van der Waals surface area contributed by atoms with Crippen LogP contribution < -0.4 is 10.1 Å². The summed E-state index contributed by atoms with van der Waals surface area (Å²) in [5.41, 5.74) is -0.947. The third-order valence-electron chi connectivity index (χ3n) is 2.75. The number of para-hydroxylation sites is 1. The molecule has 2 atom stereocenters. The fourth-order valence-electron chi connectivity index (χ4n) is 1.56. The Hall–Kier alpha value is -2.23. The minimum atomic E-state index is -4.56. The monoisotopic (exact) mass is 300 g/mol. The van der Waals surface area contributed by atoms with Crippen molar-refractivity contribution in [1.82, 2.24) is 5.32 Å². The number of nitriles is 1. The molecule has 0 aromatic heterocycles. The van der Waals surface area contributed by atoms with Gasteiger partial charge < -0.3 is 10.1 Å². The van der Waals surface area contributed by atoms with E-state index < -0.39 is 35.5 Å². The van der Waals surface area contributed by atoms with E-state index in [1.165, 1.54) is 19.1 Å². The number of alkyl halides is 3. The third-order valence-corrected chi connectivity index (χ3v) is 2.75. The number of hydrogen-bond donors (Lipinski definition) is 1. The summed E-state index contributed by atoms with van der Waals surface area (Å²) in [6.07, 6.45) is -5.31. The predicted octanol–water partition coefficient (Wildman–Crippen LogP) is 2.89. The van der Waals surface area contributed by atoms with Crippen molar-refractivity contribution in [2.24, 2.45) is 0 Å². The summed E-state index contributed by atoms with van der Waals surface area (Å²) in [5.74, 6) is -1.06. The minimum Gasteiger partial charge on any atom is -0.480 e. The van der Waals surface area contributed by atoms with Gasteiger partial charge in [0.2, 0.25) is 0 Å². The van der Waals surface area contributed by atoms with Crippen LogP contribution in [0.5, 0.6) is 5.75 Å². The van der Waals surface area contributed by atoms with Gasteiger partial charge in [0.05, 0.1) is 11.6 Å². The van der Waals surface area contributed by atoms with E-state index in [0.29, 0.717) is 6.42 Å². The molecule has 7 heteroatoms. The molecule has 0 saturated carbocycles. The van der Waals surface area contributed by atoms with E-state index in [-0.39, 0.29) is 0 Å². The standard InChI is InChI=1S/C14H15F3N2O2/c1-3-10(8-18)19-13(20)9(2)21-12-7-5-4-6-11(12)14(15,16)17/h4-7,9-10H,3H2,1-2H3,(H,19,20)/t9-,10-/m0/s1. The number of nitrogens with one attached hydrogen (secondary N) is 1. The van der Waals surface area contributed by atoms with Crippen molar-refractivity contribution >= 4 is 5.91 Å². The molecule has 0 aliphatic heterocycles. The van der Waals surface area contributed by atoms with Gasteiger partial charge in [-0.05, 0) is 25.5 Å². The second kappa shape index (κ2) is 6.97. The smallest absolute Gasteiger partial charge is 0.419 e. The number of carbonyl (C=O) groups is 1. The van der Waals surface area contributed by atoms with Crippen LogP contribution in [0.4, 0.5) is 13.2 Å². The van der Waals surface area contributed by atoms with Gasteiger partial charge in [0, 0.05) is 0 Å². The Kier molecular flexibility index (Phi) is 5.59. The Morgan fingerprint density at radius 3 is 2.57 bits per heavy atom. The van der Waals surface area contributed by atoms with Crippen molar-refractivity contribution < 1.29 is 22.7 Å². The van der Waals surface area contributed by atoms with Gasteiger partial charge in [-0.1, -0.05) is 19.1 Å². The quantitative estimate of drug-likeness (QED) is 0.909. The molecule has 114 valence electrons. The van der Waals surface area contributed by atoms with Crippen LogP contribution >= 0.6 is 0 Å². The largest absolute Gasteiger partial charge is 0.480 e. The molecule has 0 spiro atoms. The van der Waals surface area contributed by atoms with Crippen LogP contribution in [0.25, 0.3) is 0 Å². The zero-order valence-electron chi connectivity index (χ0n) is 11.6. The molecule has 1 aromatic rings. The second-order valence-corrected chi connectivity index (χ2v) is 4.35. The molecule has 1 N–H and O–H groups in total. The van der Waals surface area contributed by atoms with E-state index in [1.54, 1.807) is 6.92 Å². The summed E-state index contributed by atoms with van der Waals surface area (Å²) >= 11 is 0. The molecule has 1 rings (SSSR count). The van der Waals surface area contributed by atoms with Crippen LogP contribution in [-0.4, -0.2) is 18.1 Å². The lowest BCUT2D eigenvalue weighted by atomic mass is 10.2. The number of hydrogen-bond acceptors (Lipinski definition) is 3. The Labute approximate surface area is 120 Å². The summed E-state index contributed by atoms with van der Waals surface area (Å²) in [6, 6.07) is 5.83. The second-order valence-electron chi connectivity index (χ2n) is 4.35. The number of halogens is 3. The number of carbonyl (C=O) groups excluding carboxylic acids is 1. The number of ether oxygens (including phenoxy) is 1. The maximum atomic E-state index is 12.8. The number of benzene rings is 1. The van der Waals surface area contributed by atoms with Crippen LogP contribution in [0.15, 0.2) is 24.3 Å². The van der Waals surface area contributed by atoms with Gasteiger partial charge in [0.25, 0.3) is 5.91 Å². The first-order valence-corrected chi connectivity index (χ1v) is 6.32. The number of amides is 1. The Morgan fingerprint density at radius 1 is 1.43 bits per heavy atom. The maximum absolute atomic E-state index is 12.8. The van der Waals surface area contributed by atoms with Crippen LogP contribution in [0.1, 0.15) is 25.8 Å². The van der Waals surface area contributed by atoms with E-state index >= 15 is 0 Å². The highest BCUT2D eigenvalue weighted by Crippen LogP contribution is 2.36. The topological polar surface area (TPSA) is 62.1 Å². The van der Waals surface area contributed by atoms with Crippen molar-refractivity contribution in [3.8, 4) is 11.8 Å².